The lowest BCUT2D eigenvalue weighted by Crippen LogP contribution is -2.33. The van der Waals surface area contributed by atoms with Crippen LogP contribution >= 0.6 is 0 Å². The Balaban J connectivity index is 2.16. The Hall–Kier alpha value is -1.36. The lowest BCUT2D eigenvalue weighted by molar-refractivity contribution is 0.0231. The summed E-state index contributed by atoms with van der Waals surface area (Å²) in [6.07, 6.45) is 4.32. The summed E-state index contributed by atoms with van der Waals surface area (Å²) >= 11 is 0. The third kappa shape index (κ3) is 4.30. The Bertz CT molecular complexity index is 464. The molecule has 0 aromatic carbocycles. The Morgan fingerprint density at radius 2 is 2.00 bits per heavy atom. The first-order chi connectivity index (χ1) is 10.1. The highest BCUT2D eigenvalue weighted by molar-refractivity contribution is 5.57. The molecule has 0 radical (unpaired) electrons. The van der Waals surface area contributed by atoms with Gasteiger partial charge in [0, 0.05) is 31.2 Å². The van der Waals surface area contributed by atoms with Gasteiger partial charge in [0.2, 0.25) is 0 Å². The van der Waals surface area contributed by atoms with Gasteiger partial charge in [-0.15, -0.1) is 0 Å². The molecule has 2 atom stereocenters. The van der Waals surface area contributed by atoms with Crippen LogP contribution in [0.2, 0.25) is 0 Å². The fraction of sp³-hybridized carbons (Fsp3) is 0.750. The summed E-state index contributed by atoms with van der Waals surface area (Å²) in [7, 11) is 0. The predicted octanol–water partition coefficient (Wildman–Crippen LogP) is 3.15. The van der Waals surface area contributed by atoms with Crippen LogP contribution in [0.3, 0.4) is 0 Å². The Kier molecular flexibility index (Phi) is 5.79. The Labute approximate surface area is 127 Å². The molecule has 0 saturated carbocycles. The minimum Gasteiger partial charge on any atom is -0.378 e. The van der Waals surface area contributed by atoms with Gasteiger partial charge in [0.25, 0.3) is 0 Å². The van der Waals surface area contributed by atoms with E-state index >= 15 is 0 Å². The smallest absolute Gasteiger partial charge is 0.134 e. The first-order valence-corrected chi connectivity index (χ1v) is 8.13. The molecule has 0 spiro atoms. The highest BCUT2D eigenvalue weighted by Gasteiger charge is 2.21. The number of anilines is 2. The third-order valence-corrected chi connectivity index (χ3v) is 3.88. The zero-order chi connectivity index (χ0) is 15.2. The van der Waals surface area contributed by atoms with E-state index in [4.69, 9.17) is 4.74 Å². The highest BCUT2D eigenvalue weighted by Crippen LogP contribution is 2.24. The van der Waals surface area contributed by atoms with Crippen molar-refractivity contribution in [2.24, 2.45) is 0 Å². The molecule has 1 saturated heterocycles. The van der Waals surface area contributed by atoms with E-state index in [0.29, 0.717) is 12.1 Å². The van der Waals surface area contributed by atoms with E-state index in [1.165, 1.54) is 0 Å². The Morgan fingerprint density at radius 3 is 2.67 bits per heavy atom. The molecular weight excluding hydrogens is 264 g/mol. The van der Waals surface area contributed by atoms with Crippen LogP contribution in [0, 0.1) is 6.92 Å². The molecule has 0 bridgehead atoms. The predicted molar refractivity (Wildman–Crippen MR) is 87.0 cm³/mol. The molecule has 1 aliphatic heterocycles. The van der Waals surface area contributed by atoms with Gasteiger partial charge in [0.05, 0.1) is 6.10 Å². The summed E-state index contributed by atoms with van der Waals surface area (Å²) in [4.78, 5) is 9.29. The average molecular weight is 292 g/mol. The van der Waals surface area contributed by atoms with E-state index in [2.05, 4.69) is 48.3 Å². The minimum atomic E-state index is 0.321. The number of aromatic nitrogens is 2. The van der Waals surface area contributed by atoms with Crippen molar-refractivity contribution in [1.29, 1.82) is 0 Å². The lowest BCUT2D eigenvalue weighted by atomic mass is 10.0. The van der Waals surface area contributed by atoms with Crippen molar-refractivity contribution in [2.75, 3.05) is 23.8 Å². The standard InChI is InChI=1S/C16H28N4O/c1-5-8-17-15-12(4)16(20-14(6-2)19-15)18-13-7-9-21-11(3)10-13/h11,13H,5-10H2,1-4H3,(H2,17,18,19,20). The zero-order valence-electron chi connectivity index (χ0n) is 13.7. The molecule has 1 fully saturated rings. The summed E-state index contributed by atoms with van der Waals surface area (Å²) in [5.41, 5.74) is 1.11. The number of aryl methyl sites for hydroxylation is 1. The zero-order valence-corrected chi connectivity index (χ0v) is 13.7. The van der Waals surface area contributed by atoms with E-state index in [0.717, 1.165) is 61.9 Å². The summed E-state index contributed by atoms with van der Waals surface area (Å²) < 4.78 is 5.61. The normalized spacial score (nSPS) is 22.1. The maximum Gasteiger partial charge on any atom is 0.134 e. The van der Waals surface area contributed by atoms with Crippen molar-refractivity contribution >= 4 is 11.6 Å². The van der Waals surface area contributed by atoms with E-state index in [9.17, 15) is 0 Å². The quantitative estimate of drug-likeness (QED) is 0.843. The largest absolute Gasteiger partial charge is 0.378 e. The van der Waals surface area contributed by atoms with Gasteiger partial charge >= 0.3 is 0 Å². The summed E-state index contributed by atoms with van der Waals surface area (Å²) in [6.45, 7) is 10.2. The van der Waals surface area contributed by atoms with E-state index < -0.39 is 0 Å². The number of nitrogens with zero attached hydrogens (tertiary/aromatic N) is 2. The maximum atomic E-state index is 5.61. The van der Waals surface area contributed by atoms with Crippen molar-refractivity contribution in [3.05, 3.63) is 11.4 Å². The molecular formula is C16H28N4O. The van der Waals surface area contributed by atoms with Gasteiger partial charge in [-0.3, -0.25) is 0 Å². The lowest BCUT2D eigenvalue weighted by Gasteiger charge is -2.29. The second kappa shape index (κ2) is 7.59. The SMILES string of the molecule is CCCNc1nc(CC)nc(NC2CCOC(C)C2)c1C. The molecule has 21 heavy (non-hydrogen) atoms. The fourth-order valence-electron chi connectivity index (χ4n) is 2.60. The van der Waals surface area contributed by atoms with Crippen LogP contribution in [0.1, 0.15) is 51.4 Å². The summed E-state index contributed by atoms with van der Waals surface area (Å²) in [5.74, 6) is 2.83. The molecule has 5 nitrogen and oxygen atoms in total. The van der Waals surface area contributed by atoms with E-state index in [1.807, 2.05) is 0 Å². The molecule has 0 amide bonds. The van der Waals surface area contributed by atoms with Crippen LogP contribution in [0.4, 0.5) is 11.6 Å². The van der Waals surface area contributed by atoms with Crippen molar-refractivity contribution in [3.8, 4) is 0 Å². The van der Waals surface area contributed by atoms with Crippen LogP contribution in [0.5, 0.6) is 0 Å². The van der Waals surface area contributed by atoms with Gasteiger partial charge in [0.1, 0.15) is 17.5 Å². The molecule has 2 rings (SSSR count). The van der Waals surface area contributed by atoms with Crippen molar-refractivity contribution in [3.63, 3.8) is 0 Å². The van der Waals surface area contributed by atoms with Gasteiger partial charge < -0.3 is 15.4 Å². The van der Waals surface area contributed by atoms with Crippen molar-refractivity contribution < 1.29 is 4.74 Å². The van der Waals surface area contributed by atoms with Gasteiger partial charge in [0.15, 0.2) is 0 Å². The molecule has 0 aliphatic carbocycles. The van der Waals surface area contributed by atoms with E-state index in [1.54, 1.807) is 0 Å². The maximum absolute atomic E-state index is 5.61. The first-order valence-electron chi connectivity index (χ1n) is 8.13. The second-order valence-electron chi connectivity index (χ2n) is 5.79. The van der Waals surface area contributed by atoms with E-state index in [-0.39, 0.29) is 0 Å². The van der Waals surface area contributed by atoms with Crippen LogP contribution in [-0.2, 0) is 11.2 Å². The molecule has 2 unspecified atom stereocenters. The number of rotatable bonds is 6. The van der Waals surface area contributed by atoms with Crippen LogP contribution in [0.15, 0.2) is 0 Å². The fourth-order valence-corrected chi connectivity index (χ4v) is 2.60. The third-order valence-electron chi connectivity index (χ3n) is 3.88. The molecule has 118 valence electrons. The van der Waals surface area contributed by atoms with Crippen LogP contribution < -0.4 is 10.6 Å². The first kappa shape index (κ1) is 16.0. The monoisotopic (exact) mass is 292 g/mol. The summed E-state index contributed by atoms with van der Waals surface area (Å²) in [5, 5.41) is 7.01. The van der Waals surface area contributed by atoms with Gasteiger partial charge in [-0.25, -0.2) is 9.97 Å². The molecule has 1 aromatic heterocycles. The van der Waals surface area contributed by atoms with Crippen LogP contribution in [0.25, 0.3) is 0 Å². The van der Waals surface area contributed by atoms with Crippen molar-refractivity contribution in [1.82, 2.24) is 9.97 Å². The number of hydrogen-bond donors (Lipinski definition) is 2. The van der Waals surface area contributed by atoms with Crippen molar-refractivity contribution in [2.45, 2.75) is 65.5 Å². The molecule has 2 heterocycles. The van der Waals surface area contributed by atoms with Gasteiger partial charge in [-0.1, -0.05) is 13.8 Å². The summed E-state index contributed by atoms with van der Waals surface area (Å²) in [6, 6.07) is 0.436. The van der Waals surface area contributed by atoms with Crippen LogP contribution in [-0.4, -0.2) is 35.3 Å². The Morgan fingerprint density at radius 1 is 1.24 bits per heavy atom. The topological polar surface area (TPSA) is 59.1 Å². The van der Waals surface area contributed by atoms with Gasteiger partial charge in [-0.05, 0) is 33.1 Å². The number of nitrogens with one attached hydrogen (secondary N) is 2. The molecule has 1 aliphatic rings. The second-order valence-corrected chi connectivity index (χ2v) is 5.79. The average Bonchev–Trinajstić information content (AvgIpc) is 2.48. The minimum absolute atomic E-state index is 0.321. The highest BCUT2D eigenvalue weighted by atomic mass is 16.5. The molecule has 1 aromatic rings. The number of hydrogen-bond acceptors (Lipinski definition) is 5. The van der Waals surface area contributed by atoms with Gasteiger partial charge in [-0.2, -0.15) is 0 Å². The number of ether oxygens (including phenoxy) is 1. The molecule has 5 heteroatoms. The molecule has 2 N–H and O–H groups in total.